The molecule has 6 heteroatoms. The molecule has 0 aliphatic carbocycles. The first-order chi connectivity index (χ1) is 18.6. The molecule has 0 spiro atoms. The average molecular weight is 551 g/mol. The van der Waals surface area contributed by atoms with Gasteiger partial charge in [-0.05, 0) is 76.7 Å². The minimum absolute atomic E-state index is 0.124. The number of nitriles is 2. The number of halogens is 1. The van der Waals surface area contributed by atoms with Crippen molar-refractivity contribution in [2.75, 3.05) is 0 Å². The average Bonchev–Trinajstić information content (AvgIpc) is 3.36. The maximum Gasteiger partial charge on any atom is 0.264 e. The number of hydrogen-bond acceptors (Lipinski definition) is 4. The molecule has 5 nitrogen and oxygen atoms in total. The Kier molecular flexibility index (Phi) is 4.81. The molecule has 7 aromatic rings. The highest BCUT2D eigenvalue weighted by Crippen LogP contribution is 2.38. The maximum absolute atomic E-state index is 14.0. The number of pyridine rings is 1. The SMILES string of the molecule is N#Cc1ccc(-c2cc(-c3ccc(C#N)cc3)c3nc4c5ccc(Br)c6cccc(c(=O)n4c3c2)c65)cc1. The van der Waals surface area contributed by atoms with Crippen LogP contribution in [-0.2, 0) is 0 Å². The second-order valence-electron chi connectivity index (χ2n) is 9.17. The smallest absolute Gasteiger partial charge is 0.264 e. The minimum Gasteiger partial charge on any atom is -0.268 e. The van der Waals surface area contributed by atoms with Crippen LogP contribution >= 0.6 is 15.9 Å². The van der Waals surface area contributed by atoms with Crippen molar-refractivity contribution in [3.63, 3.8) is 0 Å². The number of hydrogen-bond donors (Lipinski definition) is 0. The molecule has 0 aliphatic rings. The van der Waals surface area contributed by atoms with E-state index in [1.54, 1.807) is 28.7 Å². The van der Waals surface area contributed by atoms with E-state index >= 15 is 0 Å². The van der Waals surface area contributed by atoms with Crippen LogP contribution in [0.25, 0.3) is 60.5 Å². The van der Waals surface area contributed by atoms with Gasteiger partial charge in [0.1, 0.15) is 5.65 Å². The third-order valence-electron chi connectivity index (χ3n) is 7.09. The van der Waals surface area contributed by atoms with Gasteiger partial charge in [-0.2, -0.15) is 10.5 Å². The number of fused-ring (bicyclic) bond motifs is 4. The van der Waals surface area contributed by atoms with Crippen LogP contribution in [0.2, 0.25) is 0 Å². The second-order valence-corrected chi connectivity index (χ2v) is 10.0. The molecule has 0 atom stereocenters. The summed E-state index contributed by atoms with van der Waals surface area (Å²) in [6, 6.07) is 32.9. The number of rotatable bonds is 2. The first kappa shape index (κ1) is 22.2. The molecule has 0 bridgehead atoms. The highest BCUT2D eigenvalue weighted by Gasteiger charge is 2.20. The molecular weight excluding hydrogens is 536 g/mol. The molecule has 0 unspecified atom stereocenters. The lowest BCUT2D eigenvalue weighted by Gasteiger charge is -2.10. The molecule has 0 radical (unpaired) electrons. The summed E-state index contributed by atoms with van der Waals surface area (Å²) in [6.45, 7) is 0. The summed E-state index contributed by atoms with van der Waals surface area (Å²) < 4.78 is 2.64. The Hall–Kier alpha value is -5.04. The van der Waals surface area contributed by atoms with Gasteiger partial charge >= 0.3 is 0 Å². The van der Waals surface area contributed by atoms with E-state index in [1.165, 1.54) is 0 Å². The largest absolute Gasteiger partial charge is 0.268 e. The van der Waals surface area contributed by atoms with Gasteiger partial charge in [0, 0.05) is 26.2 Å². The minimum atomic E-state index is -0.124. The van der Waals surface area contributed by atoms with Gasteiger partial charge in [0.25, 0.3) is 5.56 Å². The molecule has 0 amide bonds. The Morgan fingerprint density at radius 1 is 0.711 bits per heavy atom. The Labute approximate surface area is 224 Å². The van der Waals surface area contributed by atoms with Crippen LogP contribution in [0.5, 0.6) is 0 Å². The number of imidazole rings is 1. The first-order valence-electron chi connectivity index (χ1n) is 11.9. The van der Waals surface area contributed by atoms with E-state index < -0.39 is 0 Å². The third-order valence-corrected chi connectivity index (χ3v) is 7.79. The summed E-state index contributed by atoms with van der Waals surface area (Å²) in [6.07, 6.45) is 0. The standard InChI is InChI=1S/C32H15BrN4O/c33-27-13-12-24-29-23(27)2-1-3-25(29)32(38)37-28-15-22(20-8-4-18(16-34)5-9-20)14-26(30(28)36-31(24)37)21-10-6-19(17-35)7-11-21/h1-15H. The van der Waals surface area contributed by atoms with Crippen LogP contribution < -0.4 is 5.56 Å². The van der Waals surface area contributed by atoms with Crippen LogP contribution in [0.1, 0.15) is 11.1 Å². The summed E-state index contributed by atoms with van der Waals surface area (Å²) >= 11 is 3.63. The molecule has 38 heavy (non-hydrogen) atoms. The molecule has 7 rings (SSSR count). The van der Waals surface area contributed by atoms with Crippen LogP contribution in [0.15, 0.2) is 100 Å². The molecule has 0 saturated heterocycles. The van der Waals surface area contributed by atoms with E-state index in [4.69, 9.17) is 4.98 Å². The van der Waals surface area contributed by atoms with Crippen molar-refractivity contribution in [3.8, 4) is 34.4 Å². The van der Waals surface area contributed by atoms with Gasteiger partial charge in [0.2, 0.25) is 0 Å². The van der Waals surface area contributed by atoms with Crippen molar-refractivity contribution >= 4 is 54.2 Å². The number of aromatic nitrogens is 2. The van der Waals surface area contributed by atoms with Crippen molar-refractivity contribution in [2.45, 2.75) is 0 Å². The fraction of sp³-hybridized carbons (Fsp3) is 0. The molecule has 5 aromatic carbocycles. The fourth-order valence-electron chi connectivity index (χ4n) is 5.27. The van der Waals surface area contributed by atoms with E-state index in [0.717, 1.165) is 42.9 Å². The molecule has 0 N–H and O–H groups in total. The van der Waals surface area contributed by atoms with Gasteiger partial charge < -0.3 is 0 Å². The Morgan fingerprint density at radius 3 is 2.05 bits per heavy atom. The van der Waals surface area contributed by atoms with Crippen molar-refractivity contribution in [3.05, 3.63) is 117 Å². The van der Waals surface area contributed by atoms with E-state index in [2.05, 4.69) is 34.1 Å². The van der Waals surface area contributed by atoms with E-state index in [0.29, 0.717) is 33.2 Å². The fourth-order valence-corrected chi connectivity index (χ4v) is 5.73. The summed E-state index contributed by atoms with van der Waals surface area (Å²) in [5.41, 5.74) is 6.62. The molecule has 2 aromatic heterocycles. The molecule has 176 valence electrons. The lowest BCUT2D eigenvalue weighted by molar-refractivity contribution is 1.19. The lowest BCUT2D eigenvalue weighted by Crippen LogP contribution is -2.13. The summed E-state index contributed by atoms with van der Waals surface area (Å²) in [5.74, 6) is 0. The monoisotopic (exact) mass is 550 g/mol. The Bertz CT molecular complexity index is 2220. The van der Waals surface area contributed by atoms with Gasteiger partial charge in [0.15, 0.2) is 0 Å². The Balaban J connectivity index is 1.65. The van der Waals surface area contributed by atoms with Crippen molar-refractivity contribution < 1.29 is 0 Å². The van der Waals surface area contributed by atoms with Crippen LogP contribution in [0.3, 0.4) is 0 Å². The lowest BCUT2D eigenvalue weighted by atomic mass is 9.96. The molecule has 0 aliphatic heterocycles. The van der Waals surface area contributed by atoms with Crippen LogP contribution in [0.4, 0.5) is 0 Å². The highest BCUT2D eigenvalue weighted by atomic mass is 79.9. The topological polar surface area (TPSA) is 81.9 Å². The quantitative estimate of drug-likeness (QED) is 0.224. The van der Waals surface area contributed by atoms with Gasteiger partial charge in [-0.3, -0.25) is 9.20 Å². The van der Waals surface area contributed by atoms with Gasteiger partial charge in [-0.1, -0.05) is 52.3 Å². The molecule has 0 fully saturated rings. The second kappa shape index (κ2) is 8.24. The normalized spacial score (nSPS) is 11.3. The van der Waals surface area contributed by atoms with E-state index in [-0.39, 0.29) is 5.56 Å². The van der Waals surface area contributed by atoms with Crippen LogP contribution in [0, 0.1) is 22.7 Å². The van der Waals surface area contributed by atoms with Gasteiger partial charge in [-0.15, -0.1) is 0 Å². The number of benzene rings is 5. The predicted molar refractivity (Wildman–Crippen MR) is 153 cm³/mol. The van der Waals surface area contributed by atoms with Gasteiger partial charge in [-0.25, -0.2) is 4.98 Å². The molecule has 0 saturated carbocycles. The van der Waals surface area contributed by atoms with Crippen molar-refractivity contribution in [1.82, 2.24) is 9.38 Å². The third kappa shape index (κ3) is 3.15. The summed E-state index contributed by atoms with van der Waals surface area (Å²) in [7, 11) is 0. The predicted octanol–water partition coefficient (Wildman–Crippen LogP) is 7.43. The van der Waals surface area contributed by atoms with E-state index in [1.807, 2.05) is 60.7 Å². The van der Waals surface area contributed by atoms with Crippen LogP contribution in [-0.4, -0.2) is 9.38 Å². The zero-order chi connectivity index (χ0) is 26.0. The van der Waals surface area contributed by atoms with Gasteiger partial charge in [0.05, 0.1) is 34.3 Å². The number of nitrogens with zero attached hydrogens (tertiary/aromatic N) is 4. The summed E-state index contributed by atoms with van der Waals surface area (Å²) in [5, 5.41) is 21.9. The molecule has 2 heterocycles. The zero-order valence-electron chi connectivity index (χ0n) is 19.7. The van der Waals surface area contributed by atoms with Crippen molar-refractivity contribution in [2.24, 2.45) is 0 Å². The van der Waals surface area contributed by atoms with E-state index in [9.17, 15) is 15.3 Å². The highest BCUT2D eigenvalue weighted by molar-refractivity contribution is 9.10. The zero-order valence-corrected chi connectivity index (χ0v) is 21.3. The molecular formula is C32H15BrN4O. The van der Waals surface area contributed by atoms with Crippen molar-refractivity contribution in [1.29, 1.82) is 10.5 Å². The maximum atomic E-state index is 14.0. The Morgan fingerprint density at radius 2 is 1.37 bits per heavy atom. The summed E-state index contributed by atoms with van der Waals surface area (Å²) in [4.78, 5) is 19.0. The first-order valence-corrected chi connectivity index (χ1v) is 12.7.